The molecule has 2 aliphatic heterocycles. The van der Waals surface area contributed by atoms with E-state index in [1.807, 2.05) is 28.9 Å². The van der Waals surface area contributed by atoms with Gasteiger partial charge in [-0.15, -0.1) is 0 Å². The second-order valence-electron chi connectivity index (χ2n) is 7.85. The van der Waals surface area contributed by atoms with Gasteiger partial charge in [0.1, 0.15) is 0 Å². The zero-order valence-corrected chi connectivity index (χ0v) is 16.4. The Morgan fingerprint density at radius 2 is 2.15 bits per heavy atom. The first-order chi connectivity index (χ1) is 13.0. The molecule has 2 aromatic rings. The number of hydrogen-bond acceptors (Lipinski definition) is 3. The third kappa shape index (κ3) is 3.32. The van der Waals surface area contributed by atoms with Crippen LogP contribution in [0.4, 0.5) is 4.79 Å². The number of nitrogens with one attached hydrogen (secondary N) is 1. The summed E-state index contributed by atoms with van der Waals surface area (Å²) in [6.45, 7) is 6.55. The van der Waals surface area contributed by atoms with E-state index in [4.69, 9.17) is 16.7 Å². The number of rotatable bonds is 4. The van der Waals surface area contributed by atoms with Crippen molar-refractivity contribution in [3.8, 4) is 11.3 Å². The Morgan fingerprint density at radius 1 is 1.37 bits per heavy atom. The number of carbonyl (C=O) groups is 1. The zero-order chi connectivity index (χ0) is 19.1. The third-order valence-corrected chi connectivity index (χ3v) is 6.19. The molecular weight excluding hydrogens is 364 g/mol. The van der Waals surface area contributed by atoms with E-state index in [9.17, 15) is 9.90 Å². The van der Waals surface area contributed by atoms with Crippen LogP contribution in [0.3, 0.4) is 0 Å². The van der Waals surface area contributed by atoms with Crippen molar-refractivity contribution in [3.05, 3.63) is 41.0 Å². The van der Waals surface area contributed by atoms with E-state index in [0.717, 1.165) is 29.9 Å². The number of carboxylic acid groups (broad SMARTS) is 1. The number of amides is 1. The number of fused-ring (bicyclic) bond motifs is 1. The fourth-order valence-electron chi connectivity index (χ4n) is 4.45. The Labute approximate surface area is 164 Å². The van der Waals surface area contributed by atoms with Gasteiger partial charge in [-0.25, -0.2) is 4.79 Å². The molecule has 144 valence electrons. The second-order valence-corrected chi connectivity index (χ2v) is 8.25. The molecule has 0 bridgehead atoms. The van der Waals surface area contributed by atoms with E-state index < -0.39 is 6.09 Å². The predicted molar refractivity (Wildman–Crippen MR) is 105 cm³/mol. The van der Waals surface area contributed by atoms with Crippen LogP contribution in [0, 0.1) is 11.8 Å². The quantitative estimate of drug-likeness (QED) is 0.840. The Kier molecular flexibility index (Phi) is 4.86. The van der Waals surface area contributed by atoms with Crippen molar-refractivity contribution in [2.75, 3.05) is 19.6 Å². The number of halogens is 1. The van der Waals surface area contributed by atoms with Gasteiger partial charge in [0.25, 0.3) is 0 Å². The van der Waals surface area contributed by atoms with Gasteiger partial charge in [0.15, 0.2) is 0 Å². The first-order valence-corrected chi connectivity index (χ1v) is 9.86. The second kappa shape index (κ2) is 7.17. The monoisotopic (exact) mass is 388 g/mol. The summed E-state index contributed by atoms with van der Waals surface area (Å²) in [6.07, 6.45) is 1.88. The molecule has 0 spiro atoms. The van der Waals surface area contributed by atoms with Gasteiger partial charge in [0.2, 0.25) is 0 Å². The van der Waals surface area contributed by atoms with Crippen molar-refractivity contribution in [1.82, 2.24) is 20.0 Å². The Balaban J connectivity index is 1.72. The van der Waals surface area contributed by atoms with E-state index >= 15 is 0 Å². The van der Waals surface area contributed by atoms with Gasteiger partial charge < -0.3 is 15.3 Å². The van der Waals surface area contributed by atoms with Crippen LogP contribution in [0.15, 0.2) is 30.5 Å². The molecule has 2 saturated heterocycles. The van der Waals surface area contributed by atoms with Crippen LogP contribution in [0.2, 0.25) is 5.02 Å². The smallest absolute Gasteiger partial charge is 0.407 e. The molecule has 3 atom stereocenters. The normalized spacial score (nSPS) is 24.6. The van der Waals surface area contributed by atoms with Crippen molar-refractivity contribution in [3.63, 3.8) is 0 Å². The molecule has 0 aliphatic carbocycles. The fraction of sp³-hybridized carbons (Fsp3) is 0.500. The SMILES string of the molecule is CC(C)n1cc(CC2C3CNCC3CN2C(=O)O)c(-c2ccccc2Cl)n1. The highest BCUT2D eigenvalue weighted by molar-refractivity contribution is 6.33. The van der Waals surface area contributed by atoms with Gasteiger partial charge in [0.05, 0.1) is 10.7 Å². The molecule has 2 N–H and O–H groups in total. The maximum absolute atomic E-state index is 11.8. The summed E-state index contributed by atoms with van der Waals surface area (Å²) in [6, 6.07) is 7.89. The van der Waals surface area contributed by atoms with E-state index in [1.54, 1.807) is 4.90 Å². The highest BCUT2D eigenvalue weighted by Crippen LogP contribution is 2.37. The maximum Gasteiger partial charge on any atom is 0.407 e. The molecule has 4 rings (SSSR count). The summed E-state index contributed by atoms with van der Waals surface area (Å²) >= 11 is 6.44. The van der Waals surface area contributed by atoms with E-state index in [0.29, 0.717) is 29.8 Å². The molecule has 0 radical (unpaired) electrons. The first kappa shape index (κ1) is 18.3. The van der Waals surface area contributed by atoms with Crippen LogP contribution < -0.4 is 5.32 Å². The van der Waals surface area contributed by atoms with Crippen LogP contribution in [0.25, 0.3) is 11.3 Å². The number of hydrogen-bond donors (Lipinski definition) is 2. The van der Waals surface area contributed by atoms with Crippen molar-refractivity contribution < 1.29 is 9.90 Å². The first-order valence-electron chi connectivity index (χ1n) is 9.49. The van der Waals surface area contributed by atoms with Crippen LogP contribution >= 0.6 is 11.6 Å². The summed E-state index contributed by atoms with van der Waals surface area (Å²) in [5, 5.41) is 18.6. The van der Waals surface area contributed by atoms with Gasteiger partial charge in [-0.1, -0.05) is 29.8 Å². The lowest BCUT2D eigenvalue weighted by Gasteiger charge is -2.25. The summed E-state index contributed by atoms with van der Waals surface area (Å²) in [7, 11) is 0. The third-order valence-electron chi connectivity index (χ3n) is 5.86. The lowest BCUT2D eigenvalue weighted by Crippen LogP contribution is -2.40. The fourth-order valence-corrected chi connectivity index (χ4v) is 4.68. The van der Waals surface area contributed by atoms with Crippen molar-refractivity contribution in [2.24, 2.45) is 11.8 Å². The molecule has 1 aromatic carbocycles. The molecule has 3 unspecified atom stereocenters. The molecule has 7 heteroatoms. The summed E-state index contributed by atoms with van der Waals surface area (Å²) in [5.74, 6) is 0.748. The highest BCUT2D eigenvalue weighted by atomic mass is 35.5. The molecular formula is C20H25ClN4O2. The van der Waals surface area contributed by atoms with Crippen LogP contribution in [-0.4, -0.2) is 51.6 Å². The molecule has 2 aliphatic rings. The van der Waals surface area contributed by atoms with Crippen LogP contribution in [-0.2, 0) is 6.42 Å². The molecule has 1 amide bonds. The summed E-state index contributed by atoms with van der Waals surface area (Å²) in [4.78, 5) is 13.4. The van der Waals surface area contributed by atoms with Gasteiger partial charge >= 0.3 is 6.09 Å². The number of aromatic nitrogens is 2. The average Bonchev–Trinajstić information content (AvgIpc) is 3.31. The molecule has 0 saturated carbocycles. The number of likely N-dealkylation sites (tertiary alicyclic amines) is 1. The van der Waals surface area contributed by atoms with Crippen molar-refractivity contribution >= 4 is 17.7 Å². The van der Waals surface area contributed by atoms with E-state index in [2.05, 4.69) is 25.4 Å². The van der Waals surface area contributed by atoms with Gasteiger partial charge in [0, 0.05) is 49.0 Å². The molecule has 1 aromatic heterocycles. The summed E-state index contributed by atoms with van der Waals surface area (Å²) < 4.78 is 1.94. The molecule has 3 heterocycles. The lowest BCUT2D eigenvalue weighted by molar-refractivity contribution is 0.133. The Morgan fingerprint density at radius 3 is 2.85 bits per heavy atom. The maximum atomic E-state index is 11.8. The topological polar surface area (TPSA) is 70.4 Å². The van der Waals surface area contributed by atoms with Crippen molar-refractivity contribution in [2.45, 2.75) is 32.4 Å². The zero-order valence-electron chi connectivity index (χ0n) is 15.6. The van der Waals surface area contributed by atoms with Gasteiger partial charge in [-0.3, -0.25) is 4.68 Å². The van der Waals surface area contributed by atoms with E-state index in [-0.39, 0.29) is 12.1 Å². The Bertz CT molecular complexity index is 850. The minimum Gasteiger partial charge on any atom is -0.465 e. The number of nitrogens with zero attached hydrogens (tertiary/aromatic N) is 3. The van der Waals surface area contributed by atoms with Crippen molar-refractivity contribution in [1.29, 1.82) is 0 Å². The largest absolute Gasteiger partial charge is 0.465 e. The molecule has 2 fully saturated rings. The Hall–Kier alpha value is -2.05. The van der Waals surface area contributed by atoms with E-state index in [1.165, 1.54) is 0 Å². The molecule has 27 heavy (non-hydrogen) atoms. The van der Waals surface area contributed by atoms with Gasteiger partial charge in [-0.2, -0.15) is 5.10 Å². The predicted octanol–water partition coefficient (Wildman–Crippen LogP) is 3.52. The van der Waals surface area contributed by atoms with Crippen LogP contribution in [0.5, 0.6) is 0 Å². The standard InChI is InChI=1S/C20H25ClN4O2/c1-12(2)25-11-13(19(23-25)15-5-3-4-6-17(15)21)7-18-16-9-22-8-14(16)10-24(18)20(26)27/h3-6,11-12,14,16,18,22H,7-10H2,1-2H3,(H,26,27). The highest BCUT2D eigenvalue weighted by Gasteiger charge is 2.46. The number of benzene rings is 1. The summed E-state index contributed by atoms with van der Waals surface area (Å²) in [5.41, 5.74) is 2.81. The minimum atomic E-state index is -0.829. The average molecular weight is 389 g/mol. The van der Waals surface area contributed by atoms with Gasteiger partial charge in [-0.05, 0) is 38.2 Å². The molecule has 6 nitrogen and oxygen atoms in total. The van der Waals surface area contributed by atoms with Crippen LogP contribution in [0.1, 0.15) is 25.5 Å². The minimum absolute atomic E-state index is 0.0338. The lowest BCUT2D eigenvalue weighted by atomic mass is 9.89.